The van der Waals surface area contributed by atoms with Gasteiger partial charge in [-0.05, 0) is 44.2 Å². The molecule has 1 unspecified atom stereocenters. The number of hydrogen-bond donors (Lipinski definition) is 1. The van der Waals surface area contributed by atoms with E-state index in [1.165, 1.54) is 12.1 Å². The van der Waals surface area contributed by atoms with Crippen LogP contribution in [0, 0.1) is 11.6 Å². The summed E-state index contributed by atoms with van der Waals surface area (Å²) in [6, 6.07) is 10.8. The molecule has 4 heteroatoms. The van der Waals surface area contributed by atoms with Crippen LogP contribution >= 0.6 is 0 Å². The van der Waals surface area contributed by atoms with Crippen LogP contribution in [0.1, 0.15) is 25.5 Å². The Balaban J connectivity index is 2.08. The van der Waals surface area contributed by atoms with Crippen LogP contribution in [-0.2, 0) is 0 Å². The van der Waals surface area contributed by atoms with E-state index < -0.39 is 11.6 Å². The van der Waals surface area contributed by atoms with Gasteiger partial charge < -0.3 is 10.1 Å². The molecule has 0 aliphatic rings. The predicted molar refractivity (Wildman–Crippen MR) is 76.0 cm³/mol. The maximum atomic E-state index is 13.7. The fraction of sp³-hybridized carbons (Fsp3) is 0.250. The molecule has 2 aromatic rings. The molecule has 0 heterocycles. The Morgan fingerprint density at radius 1 is 1.10 bits per heavy atom. The molecular formula is C16H17F2NO. The standard InChI is InChI=1S/C16H17F2NO/c1-3-20-14-7-5-13(6-8-14)19-11(2)15-9-4-12(17)10-16(15)18/h4-11,19H,3H2,1-2H3. The summed E-state index contributed by atoms with van der Waals surface area (Å²) in [5.74, 6) is -0.325. The summed E-state index contributed by atoms with van der Waals surface area (Å²) in [5.41, 5.74) is 1.28. The predicted octanol–water partition coefficient (Wildman–Crippen LogP) is 4.54. The number of hydrogen-bond acceptors (Lipinski definition) is 2. The van der Waals surface area contributed by atoms with E-state index in [2.05, 4.69) is 5.32 Å². The highest BCUT2D eigenvalue weighted by molar-refractivity contribution is 5.48. The summed E-state index contributed by atoms with van der Waals surface area (Å²) in [6.45, 7) is 4.36. The third-order valence-electron chi connectivity index (χ3n) is 2.98. The molecule has 0 amide bonds. The van der Waals surface area contributed by atoms with Gasteiger partial charge in [-0.2, -0.15) is 0 Å². The van der Waals surface area contributed by atoms with Crippen molar-refractivity contribution in [3.05, 3.63) is 59.7 Å². The quantitative estimate of drug-likeness (QED) is 0.866. The van der Waals surface area contributed by atoms with Crippen molar-refractivity contribution in [3.8, 4) is 5.75 Å². The Hall–Kier alpha value is -2.10. The third-order valence-corrected chi connectivity index (χ3v) is 2.98. The van der Waals surface area contributed by atoms with Gasteiger partial charge in [0, 0.05) is 17.3 Å². The summed E-state index contributed by atoms with van der Waals surface area (Å²) < 4.78 is 31.9. The Bertz CT molecular complexity index is 569. The summed E-state index contributed by atoms with van der Waals surface area (Å²) in [6.07, 6.45) is 0. The van der Waals surface area contributed by atoms with Crippen molar-refractivity contribution in [3.63, 3.8) is 0 Å². The topological polar surface area (TPSA) is 21.3 Å². The Morgan fingerprint density at radius 2 is 1.80 bits per heavy atom. The van der Waals surface area contributed by atoms with Crippen molar-refractivity contribution >= 4 is 5.69 Å². The van der Waals surface area contributed by atoms with Crippen molar-refractivity contribution < 1.29 is 13.5 Å². The zero-order valence-corrected chi connectivity index (χ0v) is 11.5. The van der Waals surface area contributed by atoms with Gasteiger partial charge in [-0.3, -0.25) is 0 Å². The molecular weight excluding hydrogens is 260 g/mol. The van der Waals surface area contributed by atoms with Gasteiger partial charge in [-0.1, -0.05) is 6.07 Å². The smallest absolute Gasteiger partial charge is 0.131 e. The monoisotopic (exact) mass is 277 g/mol. The van der Waals surface area contributed by atoms with Crippen LogP contribution in [0.3, 0.4) is 0 Å². The van der Waals surface area contributed by atoms with E-state index in [0.29, 0.717) is 12.2 Å². The number of ether oxygens (including phenoxy) is 1. The van der Waals surface area contributed by atoms with Crippen molar-refractivity contribution in [2.24, 2.45) is 0 Å². The summed E-state index contributed by atoms with van der Waals surface area (Å²) in [4.78, 5) is 0. The summed E-state index contributed by atoms with van der Waals surface area (Å²) in [7, 11) is 0. The average Bonchev–Trinajstić information content (AvgIpc) is 2.41. The lowest BCUT2D eigenvalue weighted by Gasteiger charge is -2.16. The van der Waals surface area contributed by atoms with E-state index in [1.54, 1.807) is 0 Å². The van der Waals surface area contributed by atoms with Gasteiger partial charge in [0.2, 0.25) is 0 Å². The molecule has 20 heavy (non-hydrogen) atoms. The van der Waals surface area contributed by atoms with Gasteiger partial charge in [0.1, 0.15) is 17.4 Å². The maximum absolute atomic E-state index is 13.7. The van der Waals surface area contributed by atoms with Crippen molar-refractivity contribution in [1.82, 2.24) is 0 Å². The first-order valence-corrected chi connectivity index (χ1v) is 6.54. The summed E-state index contributed by atoms with van der Waals surface area (Å²) >= 11 is 0. The minimum Gasteiger partial charge on any atom is -0.494 e. The molecule has 0 aliphatic carbocycles. The van der Waals surface area contributed by atoms with Gasteiger partial charge in [0.05, 0.1) is 12.6 Å². The average molecular weight is 277 g/mol. The van der Waals surface area contributed by atoms with Crippen molar-refractivity contribution in [2.45, 2.75) is 19.9 Å². The lowest BCUT2D eigenvalue weighted by atomic mass is 10.1. The number of anilines is 1. The Morgan fingerprint density at radius 3 is 2.40 bits per heavy atom. The fourth-order valence-corrected chi connectivity index (χ4v) is 1.99. The lowest BCUT2D eigenvalue weighted by molar-refractivity contribution is 0.340. The zero-order chi connectivity index (χ0) is 14.5. The molecule has 0 aromatic heterocycles. The van der Waals surface area contributed by atoms with E-state index in [0.717, 1.165) is 17.5 Å². The number of nitrogens with one attached hydrogen (secondary N) is 1. The zero-order valence-electron chi connectivity index (χ0n) is 11.5. The number of benzene rings is 2. The fourth-order valence-electron chi connectivity index (χ4n) is 1.99. The van der Waals surface area contributed by atoms with Crippen LogP contribution < -0.4 is 10.1 Å². The molecule has 0 bridgehead atoms. The third kappa shape index (κ3) is 3.47. The molecule has 2 nitrogen and oxygen atoms in total. The first kappa shape index (κ1) is 14.3. The highest BCUT2D eigenvalue weighted by atomic mass is 19.1. The van der Waals surface area contributed by atoms with Crippen LogP contribution in [-0.4, -0.2) is 6.61 Å². The second-order valence-corrected chi connectivity index (χ2v) is 4.49. The first-order valence-electron chi connectivity index (χ1n) is 6.54. The van der Waals surface area contributed by atoms with Gasteiger partial charge in [0.15, 0.2) is 0 Å². The molecule has 2 aromatic carbocycles. The Labute approximate surface area is 117 Å². The van der Waals surface area contributed by atoms with Crippen LogP contribution in [0.4, 0.5) is 14.5 Å². The molecule has 0 aliphatic heterocycles. The molecule has 106 valence electrons. The number of halogens is 2. The molecule has 1 N–H and O–H groups in total. The minimum absolute atomic E-state index is 0.256. The first-order chi connectivity index (χ1) is 9.60. The number of rotatable bonds is 5. The normalized spacial score (nSPS) is 12.0. The molecule has 0 saturated heterocycles. The van der Waals surface area contributed by atoms with Gasteiger partial charge in [-0.15, -0.1) is 0 Å². The van der Waals surface area contributed by atoms with Crippen LogP contribution in [0.5, 0.6) is 5.75 Å². The van der Waals surface area contributed by atoms with E-state index in [1.807, 2.05) is 38.1 Å². The van der Waals surface area contributed by atoms with Crippen LogP contribution in [0.15, 0.2) is 42.5 Å². The molecule has 0 fully saturated rings. The largest absolute Gasteiger partial charge is 0.494 e. The van der Waals surface area contributed by atoms with Gasteiger partial charge in [-0.25, -0.2) is 8.78 Å². The molecule has 1 atom stereocenters. The Kier molecular flexibility index (Phi) is 4.56. The summed E-state index contributed by atoms with van der Waals surface area (Å²) in [5, 5.41) is 3.17. The lowest BCUT2D eigenvalue weighted by Crippen LogP contribution is -2.08. The van der Waals surface area contributed by atoms with E-state index in [4.69, 9.17) is 4.74 Å². The van der Waals surface area contributed by atoms with E-state index in [-0.39, 0.29) is 6.04 Å². The van der Waals surface area contributed by atoms with E-state index >= 15 is 0 Å². The van der Waals surface area contributed by atoms with Crippen LogP contribution in [0.2, 0.25) is 0 Å². The van der Waals surface area contributed by atoms with Gasteiger partial charge in [0.25, 0.3) is 0 Å². The van der Waals surface area contributed by atoms with Crippen LogP contribution in [0.25, 0.3) is 0 Å². The second-order valence-electron chi connectivity index (χ2n) is 4.49. The molecule has 0 saturated carbocycles. The molecule has 0 spiro atoms. The van der Waals surface area contributed by atoms with Crippen molar-refractivity contribution in [1.29, 1.82) is 0 Å². The molecule has 0 radical (unpaired) electrons. The van der Waals surface area contributed by atoms with E-state index in [9.17, 15) is 8.78 Å². The highest BCUT2D eigenvalue weighted by Crippen LogP contribution is 2.23. The SMILES string of the molecule is CCOc1ccc(NC(C)c2ccc(F)cc2F)cc1. The van der Waals surface area contributed by atoms with Gasteiger partial charge >= 0.3 is 0 Å². The highest BCUT2D eigenvalue weighted by Gasteiger charge is 2.11. The maximum Gasteiger partial charge on any atom is 0.131 e. The minimum atomic E-state index is -0.570. The molecule has 2 rings (SSSR count). The second kappa shape index (κ2) is 6.37. The van der Waals surface area contributed by atoms with Crippen molar-refractivity contribution in [2.75, 3.05) is 11.9 Å².